The van der Waals surface area contributed by atoms with Crippen LogP contribution in [-0.4, -0.2) is 7.05 Å². The van der Waals surface area contributed by atoms with E-state index in [1.54, 1.807) is 0 Å². The van der Waals surface area contributed by atoms with E-state index in [1.165, 1.54) is 32.1 Å². The second-order valence-corrected chi connectivity index (χ2v) is 6.38. The van der Waals surface area contributed by atoms with Gasteiger partial charge < -0.3 is 5.32 Å². The van der Waals surface area contributed by atoms with Gasteiger partial charge >= 0.3 is 0 Å². The highest BCUT2D eigenvalue weighted by atomic mass is 35.5. The van der Waals surface area contributed by atoms with Crippen molar-refractivity contribution < 1.29 is 0 Å². The Morgan fingerprint density at radius 2 is 1.89 bits per heavy atom. The van der Waals surface area contributed by atoms with Gasteiger partial charge in [0.1, 0.15) is 0 Å². The van der Waals surface area contributed by atoms with Crippen LogP contribution in [0.15, 0.2) is 18.2 Å². The SMILES string of the molecule is CCC1CCC(C(NC)c2cccc(Cl)c2Cl)CC1. The van der Waals surface area contributed by atoms with Gasteiger partial charge in [0, 0.05) is 6.04 Å². The van der Waals surface area contributed by atoms with Gasteiger partial charge in [-0.25, -0.2) is 0 Å². The van der Waals surface area contributed by atoms with E-state index < -0.39 is 0 Å². The van der Waals surface area contributed by atoms with Crippen LogP contribution in [0.2, 0.25) is 10.0 Å². The molecule has 1 unspecified atom stereocenters. The van der Waals surface area contributed by atoms with E-state index in [9.17, 15) is 0 Å². The predicted molar refractivity (Wildman–Crippen MR) is 84.0 cm³/mol. The maximum absolute atomic E-state index is 6.37. The fraction of sp³-hybridized carbons (Fsp3) is 0.625. The third kappa shape index (κ3) is 3.45. The van der Waals surface area contributed by atoms with Gasteiger partial charge in [0.25, 0.3) is 0 Å². The Labute approximate surface area is 126 Å². The maximum Gasteiger partial charge on any atom is 0.0640 e. The average molecular weight is 300 g/mol. The number of nitrogens with one attached hydrogen (secondary N) is 1. The van der Waals surface area contributed by atoms with E-state index in [1.807, 2.05) is 19.2 Å². The zero-order valence-corrected chi connectivity index (χ0v) is 13.3. The van der Waals surface area contributed by atoms with Gasteiger partial charge in [-0.05, 0) is 43.4 Å². The van der Waals surface area contributed by atoms with Crippen LogP contribution >= 0.6 is 23.2 Å². The number of halogens is 2. The van der Waals surface area contributed by atoms with E-state index in [4.69, 9.17) is 23.2 Å². The summed E-state index contributed by atoms with van der Waals surface area (Å²) >= 11 is 12.5. The first kappa shape index (κ1) is 15.2. The topological polar surface area (TPSA) is 12.0 Å². The number of hydrogen-bond acceptors (Lipinski definition) is 1. The summed E-state index contributed by atoms with van der Waals surface area (Å²) < 4.78 is 0. The summed E-state index contributed by atoms with van der Waals surface area (Å²) in [6.07, 6.45) is 6.57. The highest BCUT2D eigenvalue weighted by molar-refractivity contribution is 6.42. The van der Waals surface area contributed by atoms with Gasteiger partial charge in [0.2, 0.25) is 0 Å². The largest absolute Gasteiger partial charge is 0.313 e. The van der Waals surface area contributed by atoms with Crippen LogP contribution in [0.25, 0.3) is 0 Å². The summed E-state index contributed by atoms with van der Waals surface area (Å²) in [5, 5.41) is 4.81. The van der Waals surface area contributed by atoms with Crippen molar-refractivity contribution in [3.05, 3.63) is 33.8 Å². The zero-order valence-electron chi connectivity index (χ0n) is 11.8. The molecule has 0 bridgehead atoms. The van der Waals surface area contributed by atoms with Crippen molar-refractivity contribution in [2.45, 2.75) is 45.1 Å². The summed E-state index contributed by atoms with van der Waals surface area (Å²) in [4.78, 5) is 0. The Morgan fingerprint density at radius 1 is 1.21 bits per heavy atom. The molecule has 1 aliphatic carbocycles. The monoisotopic (exact) mass is 299 g/mol. The Bertz CT molecular complexity index is 411. The highest BCUT2D eigenvalue weighted by Gasteiger charge is 2.28. The molecule has 1 N–H and O–H groups in total. The van der Waals surface area contributed by atoms with Crippen molar-refractivity contribution in [3.8, 4) is 0 Å². The normalized spacial score (nSPS) is 25.3. The first-order chi connectivity index (χ1) is 9.17. The molecule has 1 aliphatic rings. The van der Waals surface area contributed by atoms with Crippen LogP contribution in [0.5, 0.6) is 0 Å². The molecule has 106 valence electrons. The molecule has 1 aromatic rings. The average Bonchev–Trinajstić information content (AvgIpc) is 2.45. The Balaban J connectivity index is 2.14. The second kappa shape index (κ2) is 6.97. The van der Waals surface area contributed by atoms with Gasteiger partial charge in [0.15, 0.2) is 0 Å². The van der Waals surface area contributed by atoms with Crippen molar-refractivity contribution in [3.63, 3.8) is 0 Å². The van der Waals surface area contributed by atoms with E-state index in [0.717, 1.165) is 11.5 Å². The molecular formula is C16H23Cl2N. The summed E-state index contributed by atoms with van der Waals surface area (Å²) in [6, 6.07) is 6.27. The lowest BCUT2D eigenvalue weighted by Crippen LogP contribution is -2.29. The molecule has 2 rings (SSSR count). The molecule has 1 nitrogen and oxygen atoms in total. The number of rotatable bonds is 4. The molecule has 0 amide bonds. The molecule has 1 saturated carbocycles. The van der Waals surface area contributed by atoms with Crippen LogP contribution in [0.4, 0.5) is 0 Å². The molecule has 1 atom stereocenters. The van der Waals surface area contributed by atoms with E-state index in [-0.39, 0.29) is 0 Å². The van der Waals surface area contributed by atoms with Crippen LogP contribution in [0, 0.1) is 11.8 Å². The van der Waals surface area contributed by atoms with Crippen molar-refractivity contribution >= 4 is 23.2 Å². The van der Waals surface area contributed by atoms with Crippen molar-refractivity contribution in [2.24, 2.45) is 11.8 Å². The maximum atomic E-state index is 6.37. The minimum absolute atomic E-state index is 0.323. The zero-order chi connectivity index (χ0) is 13.8. The Morgan fingerprint density at radius 3 is 2.47 bits per heavy atom. The standard InChI is InChI=1S/C16H23Cl2N/c1-3-11-7-9-12(10-8-11)16(19-2)13-5-4-6-14(17)15(13)18/h4-6,11-12,16,19H,3,7-10H2,1-2H3. The van der Waals surface area contributed by atoms with E-state index >= 15 is 0 Å². The number of benzene rings is 1. The van der Waals surface area contributed by atoms with Crippen LogP contribution in [0.1, 0.15) is 50.6 Å². The fourth-order valence-corrected chi connectivity index (χ4v) is 3.76. The van der Waals surface area contributed by atoms with Gasteiger partial charge in [-0.1, -0.05) is 61.5 Å². The first-order valence-electron chi connectivity index (χ1n) is 7.28. The molecule has 1 aromatic carbocycles. The van der Waals surface area contributed by atoms with Gasteiger partial charge in [0.05, 0.1) is 10.0 Å². The van der Waals surface area contributed by atoms with Crippen molar-refractivity contribution in [2.75, 3.05) is 7.05 Å². The summed E-state index contributed by atoms with van der Waals surface area (Å²) in [6.45, 7) is 2.30. The fourth-order valence-electron chi connectivity index (χ4n) is 3.34. The molecule has 0 aromatic heterocycles. The minimum atomic E-state index is 0.323. The molecule has 0 aliphatic heterocycles. The molecule has 3 heteroatoms. The molecule has 0 saturated heterocycles. The van der Waals surface area contributed by atoms with Crippen LogP contribution in [0.3, 0.4) is 0 Å². The third-order valence-corrected chi connectivity index (χ3v) is 5.40. The van der Waals surface area contributed by atoms with Crippen molar-refractivity contribution in [1.29, 1.82) is 0 Å². The molecular weight excluding hydrogens is 277 g/mol. The van der Waals surface area contributed by atoms with E-state index in [2.05, 4.69) is 18.3 Å². The second-order valence-electron chi connectivity index (χ2n) is 5.60. The minimum Gasteiger partial charge on any atom is -0.313 e. The Hall–Kier alpha value is -0.240. The van der Waals surface area contributed by atoms with E-state index in [0.29, 0.717) is 22.0 Å². The lowest BCUT2D eigenvalue weighted by molar-refractivity contribution is 0.224. The van der Waals surface area contributed by atoms with Gasteiger partial charge in [-0.15, -0.1) is 0 Å². The number of hydrogen-bond donors (Lipinski definition) is 1. The summed E-state index contributed by atoms with van der Waals surface area (Å²) in [7, 11) is 2.02. The summed E-state index contributed by atoms with van der Waals surface area (Å²) in [5.41, 5.74) is 1.15. The molecule has 0 spiro atoms. The van der Waals surface area contributed by atoms with Gasteiger partial charge in [-0.3, -0.25) is 0 Å². The van der Waals surface area contributed by atoms with Crippen LogP contribution in [-0.2, 0) is 0 Å². The van der Waals surface area contributed by atoms with Crippen molar-refractivity contribution in [1.82, 2.24) is 5.32 Å². The quantitative estimate of drug-likeness (QED) is 0.777. The smallest absolute Gasteiger partial charge is 0.0640 e. The lowest BCUT2D eigenvalue weighted by atomic mass is 9.76. The predicted octanol–water partition coefficient (Wildman–Crippen LogP) is 5.47. The third-order valence-electron chi connectivity index (χ3n) is 4.57. The molecule has 0 radical (unpaired) electrons. The highest BCUT2D eigenvalue weighted by Crippen LogP contribution is 2.40. The molecule has 0 heterocycles. The molecule has 19 heavy (non-hydrogen) atoms. The van der Waals surface area contributed by atoms with Crippen LogP contribution < -0.4 is 5.32 Å². The Kier molecular flexibility index (Phi) is 5.56. The molecule has 1 fully saturated rings. The van der Waals surface area contributed by atoms with Gasteiger partial charge in [-0.2, -0.15) is 0 Å². The lowest BCUT2D eigenvalue weighted by Gasteiger charge is -2.34. The summed E-state index contributed by atoms with van der Waals surface area (Å²) in [5.74, 6) is 1.59. The first-order valence-corrected chi connectivity index (χ1v) is 8.04.